The van der Waals surface area contributed by atoms with E-state index in [-0.39, 0.29) is 11.9 Å². The second kappa shape index (κ2) is 7.49. The Morgan fingerprint density at radius 1 is 1.17 bits per heavy atom. The number of rotatable bonds is 5. The molecule has 0 aromatic heterocycles. The van der Waals surface area contributed by atoms with Gasteiger partial charge in [0.25, 0.3) is 5.91 Å². The summed E-state index contributed by atoms with van der Waals surface area (Å²) in [6.07, 6.45) is 1.04. The maximum atomic E-state index is 12.5. The van der Waals surface area contributed by atoms with Crippen LogP contribution < -0.4 is 15.0 Å². The Kier molecular flexibility index (Phi) is 5.16. The normalized spacial score (nSPS) is 17.7. The number of carbonyl (C=O) groups excluding carboxylic acids is 1. The van der Waals surface area contributed by atoms with Gasteiger partial charge in [0.1, 0.15) is 12.3 Å². The fourth-order valence-corrected chi connectivity index (χ4v) is 3.24. The summed E-state index contributed by atoms with van der Waals surface area (Å²) in [5, 5.41) is 3.06. The minimum Gasteiger partial charge on any atom is -0.497 e. The largest absolute Gasteiger partial charge is 0.497 e. The number of fused-ring (bicyclic) bond motifs is 1. The molecule has 2 aromatic rings. The van der Waals surface area contributed by atoms with Gasteiger partial charge in [0.2, 0.25) is 0 Å². The lowest BCUT2D eigenvalue weighted by Crippen LogP contribution is -3.16. The van der Waals surface area contributed by atoms with Gasteiger partial charge < -0.3 is 15.0 Å². The van der Waals surface area contributed by atoms with E-state index in [2.05, 4.69) is 29.6 Å². The highest BCUT2D eigenvalue weighted by atomic mass is 16.5. The molecular weight excluding hydrogens is 300 g/mol. The molecule has 0 bridgehead atoms. The molecular formula is C20H25N2O2+. The molecule has 0 saturated heterocycles. The number of amides is 1. The average Bonchev–Trinajstić information content (AvgIpc) is 2.65. The van der Waals surface area contributed by atoms with Gasteiger partial charge in [0.15, 0.2) is 6.04 Å². The van der Waals surface area contributed by atoms with Gasteiger partial charge in [-0.15, -0.1) is 0 Å². The minimum absolute atomic E-state index is 0.0448. The van der Waals surface area contributed by atoms with Crippen LogP contribution in [0, 0.1) is 0 Å². The van der Waals surface area contributed by atoms with E-state index in [1.807, 2.05) is 31.2 Å². The van der Waals surface area contributed by atoms with Crippen LogP contribution in [0.2, 0.25) is 0 Å². The van der Waals surface area contributed by atoms with Crippen molar-refractivity contribution in [2.24, 2.45) is 0 Å². The van der Waals surface area contributed by atoms with Crippen molar-refractivity contribution in [2.45, 2.75) is 32.5 Å². The number of ether oxygens (including phenoxy) is 1. The second-order valence-corrected chi connectivity index (χ2v) is 6.39. The molecule has 0 aliphatic carbocycles. The van der Waals surface area contributed by atoms with Crippen molar-refractivity contribution in [3.63, 3.8) is 0 Å². The van der Waals surface area contributed by atoms with Crippen molar-refractivity contribution in [3.05, 3.63) is 65.2 Å². The molecule has 2 atom stereocenters. The van der Waals surface area contributed by atoms with E-state index in [4.69, 9.17) is 4.74 Å². The Hall–Kier alpha value is -2.33. The lowest BCUT2D eigenvalue weighted by atomic mass is 9.99. The predicted molar refractivity (Wildman–Crippen MR) is 94.0 cm³/mol. The number of nitrogens with one attached hydrogen (secondary N) is 2. The van der Waals surface area contributed by atoms with Crippen LogP contribution in [0.25, 0.3) is 0 Å². The molecule has 1 unspecified atom stereocenters. The first kappa shape index (κ1) is 16.5. The molecule has 1 amide bonds. The Labute approximate surface area is 143 Å². The van der Waals surface area contributed by atoms with Crippen LogP contribution in [0.1, 0.15) is 23.6 Å². The molecule has 1 heterocycles. The molecule has 1 aliphatic heterocycles. The maximum Gasteiger partial charge on any atom is 0.278 e. The molecule has 4 heteroatoms. The standard InChI is InChI=1S/C20H24N2O2/c1-15(22-12-11-17-5-3-4-6-18(17)14-22)20(23)21-13-16-7-9-19(24-2)10-8-16/h3-10,15H,11-14H2,1-2H3,(H,21,23)/p+1/t15-/m1/s1. The van der Waals surface area contributed by atoms with Crippen molar-refractivity contribution >= 4 is 5.91 Å². The summed E-state index contributed by atoms with van der Waals surface area (Å²) in [6.45, 7) is 4.51. The third-order valence-corrected chi connectivity index (χ3v) is 4.88. The van der Waals surface area contributed by atoms with E-state index < -0.39 is 0 Å². The zero-order valence-electron chi connectivity index (χ0n) is 14.3. The van der Waals surface area contributed by atoms with Crippen LogP contribution in [0.3, 0.4) is 0 Å². The smallest absolute Gasteiger partial charge is 0.278 e. The highest BCUT2D eigenvalue weighted by Crippen LogP contribution is 2.12. The summed E-state index contributed by atoms with van der Waals surface area (Å²) < 4.78 is 5.15. The van der Waals surface area contributed by atoms with Crippen LogP contribution in [-0.2, 0) is 24.3 Å². The molecule has 4 nitrogen and oxygen atoms in total. The summed E-state index contributed by atoms with van der Waals surface area (Å²) in [6, 6.07) is 16.3. The van der Waals surface area contributed by atoms with Crippen LogP contribution in [0.4, 0.5) is 0 Å². The van der Waals surface area contributed by atoms with E-state index >= 15 is 0 Å². The van der Waals surface area contributed by atoms with Crippen LogP contribution in [-0.4, -0.2) is 25.6 Å². The van der Waals surface area contributed by atoms with Crippen molar-refractivity contribution in [2.75, 3.05) is 13.7 Å². The van der Waals surface area contributed by atoms with Gasteiger partial charge >= 0.3 is 0 Å². The van der Waals surface area contributed by atoms with Gasteiger partial charge in [0, 0.05) is 18.5 Å². The first-order chi connectivity index (χ1) is 11.7. The van der Waals surface area contributed by atoms with Gasteiger partial charge in [-0.1, -0.05) is 36.4 Å². The third-order valence-electron chi connectivity index (χ3n) is 4.88. The molecule has 0 saturated carbocycles. The number of methoxy groups -OCH3 is 1. The average molecular weight is 325 g/mol. The van der Waals surface area contributed by atoms with E-state index in [0.29, 0.717) is 6.54 Å². The highest BCUT2D eigenvalue weighted by molar-refractivity contribution is 5.79. The van der Waals surface area contributed by atoms with Crippen LogP contribution >= 0.6 is 0 Å². The summed E-state index contributed by atoms with van der Waals surface area (Å²) >= 11 is 0. The topological polar surface area (TPSA) is 42.8 Å². The van der Waals surface area contributed by atoms with Gasteiger partial charge in [-0.25, -0.2) is 0 Å². The minimum atomic E-state index is -0.0448. The SMILES string of the molecule is COc1ccc(CNC(=O)[C@@H](C)[NH+]2CCc3ccccc3C2)cc1. The Bertz CT molecular complexity index is 697. The van der Waals surface area contributed by atoms with Gasteiger partial charge in [0.05, 0.1) is 13.7 Å². The molecule has 3 rings (SSSR count). The summed E-state index contributed by atoms with van der Waals surface area (Å²) in [4.78, 5) is 13.8. The predicted octanol–water partition coefficient (Wildman–Crippen LogP) is 1.34. The molecule has 2 aromatic carbocycles. The van der Waals surface area contributed by atoms with E-state index in [1.54, 1.807) is 7.11 Å². The third kappa shape index (κ3) is 3.77. The molecule has 2 N–H and O–H groups in total. The van der Waals surface area contributed by atoms with Crippen molar-refractivity contribution in [1.29, 1.82) is 0 Å². The van der Waals surface area contributed by atoms with E-state index in [0.717, 1.165) is 30.8 Å². The quantitative estimate of drug-likeness (QED) is 0.871. The van der Waals surface area contributed by atoms with Gasteiger partial charge in [-0.05, 0) is 30.2 Å². The summed E-state index contributed by atoms with van der Waals surface area (Å²) in [5.41, 5.74) is 3.87. The Morgan fingerprint density at radius 2 is 1.88 bits per heavy atom. The number of benzene rings is 2. The molecule has 0 radical (unpaired) electrons. The molecule has 126 valence electrons. The van der Waals surface area contributed by atoms with Crippen molar-refractivity contribution in [1.82, 2.24) is 5.32 Å². The number of quaternary nitrogens is 1. The van der Waals surface area contributed by atoms with Crippen LogP contribution in [0.15, 0.2) is 48.5 Å². The summed E-state index contributed by atoms with van der Waals surface area (Å²) in [7, 11) is 1.65. The summed E-state index contributed by atoms with van der Waals surface area (Å²) in [5.74, 6) is 0.940. The van der Waals surface area contributed by atoms with E-state index in [9.17, 15) is 4.79 Å². The molecule has 24 heavy (non-hydrogen) atoms. The van der Waals surface area contributed by atoms with Crippen LogP contribution in [0.5, 0.6) is 5.75 Å². The number of carbonyl (C=O) groups is 1. The van der Waals surface area contributed by atoms with Gasteiger partial charge in [-0.3, -0.25) is 4.79 Å². The second-order valence-electron chi connectivity index (χ2n) is 6.39. The maximum absolute atomic E-state index is 12.5. The van der Waals surface area contributed by atoms with Gasteiger partial charge in [-0.2, -0.15) is 0 Å². The number of hydrogen-bond donors (Lipinski definition) is 2. The number of hydrogen-bond acceptors (Lipinski definition) is 2. The zero-order valence-corrected chi connectivity index (χ0v) is 14.3. The van der Waals surface area contributed by atoms with E-state index in [1.165, 1.54) is 16.0 Å². The monoisotopic (exact) mass is 325 g/mol. The zero-order chi connectivity index (χ0) is 16.9. The Balaban J connectivity index is 1.55. The highest BCUT2D eigenvalue weighted by Gasteiger charge is 2.28. The molecule has 1 aliphatic rings. The Morgan fingerprint density at radius 3 is 2.58 bits per heavy atom. The lowest BCUT2D eigenvalue weighted by molar-refractivity contribution is -0.929. The first-order valence-electron chi connectivity index (χ1n) is 8.49. The first-order valence-corrected chi connectivity index (χ1v) is 8.49. The fraction of sp³-hybridized carbons (Fsp3) is 0.350. The van der Waals surface area contributed by atoms with Crippen molar-refractivity contribution < 1.29 is 14.4 Å². The molecule has 0 spiro atoms. The fourth-order valence-electron chi connectivity index (χ4n) is 3.24. The lowest BCUT2D eigenvalue weighted by Gasteiger charge is -2.30. The van der Waals surface area contributed by atoms with Crippen molar-refractivity contribution in [3.8, 4) is 5.75 Å². The molecule has 0 fully saturated rings.